The zero-order valence-electron chi connectivity index (χ0n) is 5.34. The molecule has 1 aromatic rings. The van der Waals surface area contributed by atoms with Crippen LogP contribution < -0.4 is 0 Å². The molecule has 0 fully saturated rings. The second-order valence-electron chi connectivity index (χ2n) is 1.91. The highest BCUT2D eigenvalue weighted by Gasteiger charge is 2.08. The van der Waals surface area contributed by atoms with Crippen LogP contribution in [0.3, 0.4) is 0 Å². The number of phenols is 1. The van der Waals surface area contributed by atoms with Crippen molar-refractivity contribution in [2.45, 2.75) is 0 Å². The van der Waals surface area contributed by atoms with Gasteiger partial charge in [0.2, 0.25) is 0 Å². The van der Waals surface area contributed by atoms with Crippen molar-refractivity contribution in [2.75, 3.05) is 0 Å². The fourth-order valence-electron chi connectivity index (χ4n) is 0.668. The summed E-state index contributed by atoms with van der Waals surface area (Å²) in [6, 6.07) is 2.20. The minimum absolute atomic E-state index is 0.00694. The van der Waals surface area contributed by atoms with Crippen molar-refractivity contribution in [3.05, 3.63) is 28.0 Å². The summed E-state index contributed by atoms with van der Waals surface area (Å²) in [7, 11) is 0. The van der Waals surface area contributed by atoms with Crippen LogP contribution in [-0.4, -0.2) is 11.4 Å². The predicted octanol–water partition coefficient (Wildman–Crippen LogP) is 2.11. The summed E-state index contributed by atoms with van der Waals surface area (Å²) in [5.74, 6) is -0.793. The molecule has 0 saturated heterocycles. The van der Waals surface area contributed by atoms with E-state index in [1.807, 2.05) is 0 Å². The minimum Gasteiger partial charge on any atom is -0.507 e. The van der Waals surface area contributed by atoms with Crippen LogP contribution >= 0.6 is 15.9 Å². The minimum atomic E-state index is -0.565. The number of hydrogen-bond donors (Lipinski definition) is 1. The average molecular weight is 219 g/mol. The molecule has 0 amide bonds. The fourth-order valence-corrected chi connectivity index (χ4v) is 1.10. The lowest BCUT2D eigenvalue weighted by molar-refractivity contribution is 0.111. The van der Waals surface area contributed by atoms with Gasteiger partial charge in [0.25, 0.3) is 0 Å². The van der Waals surface area contributed by atoms with Crippen LogP contribution in [0, 0.1) is 5.82 Å². The van der Waals surface area contributed by atoms with E-state index in [2.05, 4.69) is 15.9 Å². The standard InChI is InChI=1S/C7H4BrFO2/c8-7-4(3-10)6(11)2-1-5(7)9/h1-3,11H. The highest BCUT2D eigenvalue weighted by atomic mass is 79.9. The Bertz CT molecular complexity index is 299. The Hall–Kier alpha value is -0.900. The van der Waals surface area contributed by atoms with E-state index in [1.54, 1.807) is 0 Å². The summed E-state index contributed by atoms with van der Waals surface area (Å²) < 4.78 is 12.6. The summed E-state index contributed by atoms with van der Waals surface area (Å²) in [4.78, 5) is 10.2. The Morgan fingerprint density at radius 1 is 1.55 bits per heavy atom. The summed E-state index contributed by atoms with van der Waals surface area (Å²) >= 11 is 2.82. The number of aldehydes is 1. The molecular formula is C7H4BrFO2. The monoisotopic (exact) mass is 218 g/mol. The van der Waals surface area contributed by atoms with Crippen molar-refractivity contribution in [1.82, 2.24) is 0 Å². The van der Waals surface area contributed by atoms with Crippen molar-refractivity contribution >= 4 is 22.2 Å². The lowest BCUT2D eigenvalue weighted by Gasteiger charge is -1.99. The number of halogens is 2. The lowest BCUT2D eigenvalue weighted by Crippen LogP contribution is -1.87. The lowest BCUT2D eigenvalue weighted by atomic mass is 10.2. The van der Waals surface area contributed by atoms with Gasteiger partial charge in [-0.1, -0.05) is 0 Å². The molecule has 1 rings (SSSR count). The van der Waals surface area contributed by atoms with Crippen LogP contribution in [-0.2, 0) is 0 Å². The SMILES string of the molecule is O=Cc1c(O)ccc(F)c1Br. The number of rotatable bonds is 1. The molecule has 0 aliphatic carbocycles. The Morgan fingerprint density at radius 3 is 2.64 bits per heavy atom. The number of benzene rings is 1. The predicted molar refractivity (Wildman–Crippen MR) is 41.2 cm³/mol. The number of hydrogen-bond acceptors (Lipinski definition) is 2. The van der Waals surface area contributed by atoms with E-state index in [-0.39, 0.29) is 15.8 Å². The van der Waals surface area contributed by atoms with Crippen molar-refractivity contribution < 1.29 is 14.3 Å². The van der Waals surface area contributed by atoms with Gasteiger partial charge in [-0.15, -0.1) is 0 Å². The maximum Gasteiger partial charge on any atom is 0.155 e. The highest BCUT2D eigenvalue weighted by Crippen LogP contribution is 2.26. The van der Waals surface area contributed by atoms with E-state index in [0.29, 0.717) is 6.29 Å². The van der Waals surface area contributed by atoms with Crippen LogP contribution in [0.25, 0.3) is 0 Å². The van der Waals surface area contributed by atoms with E-state index in [9.17, 15) is 9.18 Å². The van der Waals surface area contributed by atoms with Crippen LogP contribution in [0.5, 0.6) is 5.75 Å². The van der Waals surface area contributed by atoms with Gasteiger partial charge in [-0.3, -0.25) is 4.79 Å². The highest BCUT2D eigenvalue weighted by molar-refractivity contribution is 9.10. The molecular weight excluding hydrogens is 215 g/mol. The first-order valence-electron chi connectivity index (χ1n) is 2.79. The number of carbonyl (C=O) groups is 1. The van der Waals surface area contributed by atoms with Gasteiger partial charge >= 0.3 is 0 Å². The molecule has 0 aliphatic heterocycles. The molecule has 11 heavy (non-hydrogen) atoms. The summed E-state index contributed by atoms with van der Waals surface area (Å²) in [6.07, 6.45) is 0.391. The Balaban J connectivity index is 3.40. The normalized spacial score (nSPS) is 9.64. The van der Waals surface area contributed by atoms with Crippen LogP contribution in [0.4, 0.5) is 4.39 Å². The zero-order chi connectivity index (χ0) is 8.43. The van der Waals surface area contributed by atoms with E-state index >= 15 is 0 Å². The third-order valence-corrected chi connectivity index (χ3v) is 2.03. The largest absolute Gasteiger partial charge is 0.507 e. The van der Waals surface area contributed by atoms with Gasteiger partial charge in [-0.25, -0.2) is 4.39 Å². The molecule has 1 aromatic carbocycles. The Kier molecular flexibility index (Phi) is 2.24. The van der Waals surface area contributed by atoms with E-state index in [0.717, 1.165) is 12.1 Å². The van der Waals surface area contributed by atoms with Gasteiger partial charge < -0.3 is 5.11 Å². The van der Waals surface area contributed by atoms with Gasteiger partial charge in [0.15, 0.2) is 6.29 Å². The molecule has 0 spiro atoms. The topological polar surface area (TPSA) is 37.3 Å². The summed E-state index contributed by atoms with van der Waals surface area (Å²) in [6.45, 7) is 0. The molecule has 0 saturated carbocycles. The van der Waals surface area contributed by atoms with Gasteiger partial charge in [0.1, 0.15) is 11.6 Å². The molecule has 0 atom stereocenters. The first kappa shape index (κ1) is 8.20. The average Bonchev–Trinajstić information content (AvgIpc) is 1.99. The molecule has 0 bridgehead atoms. The summed E-state index contributed by atoms with van der Waals surface area (Å²) in [5.41, 5.74) is -0.0648. The second-order valence-corrected chi connectivity index (χ2v) is 2.71. The molecule has 2 nitrogen and oxygen atoms in total. The third kappa shape index (κ3) is 1.40. The maximum atomic E-state index is 12.6. The molecule has 0 heterocycles. The van der Waals surface area contributed by atoms with Crippen molar-refractivity contribution in [3.8, 4) is 5.75 Å². The molecule has 0 aliphatic rings. The van der Waals surface area contributed by atoms with E-state index in [4.69, 9.17) is 5.11 Å². The third-order valence-electron chi connectivity index (χ3n) is 1.23. The van der Waals surface area contributed by atoms with Crippen molar-refractivity contribution in [1.29, 1.82) is 0 Å². The number of carbonyl (C=O) groups excluding carboxylic acids is 1. The molecule has 0 radical (unpaired) electrons. The first-order valence-corrected chi connectivity index (χ1v) is 3.58. The maximum absolute atomic E-state index is 12.6. The number of aromatic hydroxyl groups is 1. The van der Waals surface area contributed by atoms with Crippen molar-refractivity contribution in [2.24, 2.45) is 0 Å². The molecule has 58 valence electrons. The Labute approximate surface area is 70.8 Å². The summed E-state index contributed by atoms with van der Waals surface area (Å²) in [5, 5.41) is 8.99. The molecule has 0 unspecified atom stereocenters. The van der Waals surface area contributed by atoms with Gasteiger partial charge in [-0.05, 0) is 28.1 Å². The first-order chi connectivity index (χ1) is 5.16. The fraction of sp³-hybridized carbons (Fsp3) is 0. The van der Waals surface area contributed by atoms with Crippen LogP contribution in [0.2, 0.25) is 0 Å². The Morgan fingerprint density at radius 2 is 2.18 bits per heavy atom. The van der Waals surface area contributed by atoms with E-state index in [1.165, 1.54) is 0 Å². The van der Waals surface area contributed by atoms with Gasteiger partial charge in [0, 0.05) is 0 Å². The molecule has 4 heteroatoms. The van der Waals surface area contributed by atoms with Crippen LogP contribution in [0.15, 0.2) is 16.6 Å². The van der Waals surface area contributed by atoms with Gasteiger partial charge in [-0.2, -0.15) is 0 Å². The smallest absolute Gasteiger partial charge is 0.155 e. The second kappa shape index (κ2) is 3.00. The number of phenolic OH excluding ortho intramolecular Hbond substituents is 1. The van der Waals surface area contributed by atoms with Gasteiger partial charge in [0.05, 0.1) is 10.0 Å². The quantitative estimate of drug-likeness (QED) is 0.734. The van der Waals surface area contributed by atoms with E-state index < -0.39 is 5.82 Å². The van der Waals surface area contributed by atoms with Crippen molar-refractivity contribution in [3.63, 3.8) is 0 Å². The molecule has 0 aromatic heterocycles. The zero-order valence-corrected chi connectivity index (χ0v) is 6.93. The molecule has 1 N–H and O–H groups in total. The van der Waals surface area contributed by atoms with Crippen LogP contribution in [0.1, 0.15) is 10.4 Å².